The maximum Gasteiger partial charge on any atom is 0.353 e. The number of amides is 7. The van der Waals surface area contributed by atoms with Gasteiger partial charge in [0.1, 0.15) is 17.4 Å². The van der Waals surface area contributed by atoms with Crippen molar-refractivity contribution in [1.82, 2.24) is 39.6 Å². The Morgan fingerprint density at radius 3 is 2.34 bits per heavy atom. The number of likely N-dealkylation sites (tertiary alicyclic amines) is 1. The zero-order valence-electron chi connectivity index (χ0n) is 27.0. The van der Waals surface area contributed by atoms with Gasteiger partial charge >= 0.3 is 34.2 Å². The second kappa shape index (κ2) is 13.7. The number of urea groups is 2. The lowest BCUT2D eigenvalue weighted by atomic mass is 10.1. The van der Waals surface area contributed by atoms with Crippen LogP contribution < -0.4 is 21.2 Å². The van der Waals surface area contributed by atoms with Crippen LogP contribution >= 0.6 is 11.3 Å². The Balaban J connectivity index is 1.21. The summed E-state index contributed by atoms with van der Waals surface area (Å²) < 4.78 is 27.6. The summed E-state index contributed by atoms with van der Waals surface area (Å²) in [4.78, 5) is 101. The van der Waals surface area contributed by atoms with E-state index in [1.807, 2.05) is 5.43 Å². The number of pyridine rings is 1. The number of aromatic nitrogens is 2. The second-order valence-electron chi connectivity index (χ2n) is 11.5. The number of carboxylic acids is 2. The molecule has 9 N–H and O–H groups in total. The summed E-state index contributed by atoms with van der Waals surface area (Å²) in [7, 11) is -5.02. The highest BCUT2D eigenvalue weighted by Crippen LogP contribution is 2.30. The number of aromatic carboxylic acids is 1. The fourth-order valence-electron chi connectivity index (χ4n) is 4.52. The molecule has 5 rings (SSSR count). The van der Waals surface area contributed by atoms with E-state index in [1.165, 1.54) is 10.1 Å². The number of thiazole rings is 1. The van der Waals surface area contributed by atoms with E-state index < -0.39 is 112 Å². The molecule has 53 heavy (non-hydrogen) atoms. The monoisotopic (exact) mass is 778 g/mol. The van der Waals surface area contributed by atoms with Crippen molar-refractivity contribution in [2.24, 2.45) is 5.16 Å². The van der Waals surface area contributed by atoms with Crippen LogP contribution in [0.15, 0.2) is 28.7 Å². The molecule has 24 nitrogen and oxygen atoms in total. The van der Waals surface area contributed by atoms with Crippen molar-refractivity contribution in [3.63, 3.8) is 0 Å². The van der Waals surface area contributed by atoms with Gasteiger partial charge in [-0.2, -0.15) is 8.42 Å². The third-order valence-electron chi connectivity index (χ3n) is 7.41. The number of β-lactam (4-membered cyclic amide) rings is 1. The number of oxime groups is 1. The van der Waals surface area contributed by atoms with Crippen LogP contribution in [0.4, 0.5) is 14.7 Å². The molecule has 2 fully saturated rings. The molecule has 1 unspecified atom stereocenters. The van der Waals surface area contributed by atoms with Gasteiger partial charge in [-0.05, 0) is 26.0 Å². The van der Waals surface area contributed by atoms with E-state index in [0.717, 1.165) is 43.4 Å². The number of benzene rings is 1. The van der Waals surface area contributed by atoms with E-state index in [2.05, 4.69) is 20.4 Å². The molecule has 3 aromatic rings. The van der Waals surface area contributed by atoms with Crippen molar-refractivity contribution in [3.05, 3.63) is 40.5 Å². The van der Waals surface area contributed by atoms with Gasteiger partial charge in [0.2, 0.25) is 5.60 Å². The molecule has 7 amide bonds. The molecule has 26 heteroatoms. The Morgan fingerprint density at radius 1 is 1.06 bits per heavy atom. The third kappa shape index (κ3) is 7.47. The zero-order valence-corrected chi connectivity index (χ0v) is 28.6. The number of carboxylic acid groups (broad SMARTS) is 2. The minimum atomic E-state index is -5.02. The van der Waals surface area contributed by atoms with Crippen molar-refractivity contribution >= 4 is 85.0 Å². The second-order valence-corrected chi connectivity index (χ2v) is 14.0. The summed E-state index contributed by atoms with van der Waals surface area (Å²) in [6.45, 7) is 0.633. The Morgan fingerprint density at radius 2 is 1.74 bits per heavy atom. The van der Waals surface area contributed by atoms with Crippen molar-refractivity contribution < 1.29 is 67.2 Å². The first-order valence-corrected chi connectivity index (χ1v) is 16.9. The van der Waals surface area contributed by atoms with Gasteiger partial charge < -0.3 is 36.3 Å². The number of hydrogen-bond acceptors (Lipinski definition) is 17. The molecule has 2 aromatic heterocycles. The summed E-state index contributed by atoms with van der Waals surface area (Å²) in [6, 6.07) is -1.35. The minimum Gasteiger partial charge on any atom is -0.504 e. The maximum absolute atomic E-state index is 13.0. The molecule has 1 atom stereocenters. The van der Waals surface area contributed by atoms with Crippen molar-refractivity contribution in [2.45, 2.75) is 25.5 Å². The standard InChI is InChI=1S/C27H26N10O14S2/c1-27(2,23(45)46)51-33-18(14-9-52-24(28)31-14)19(40)30-13-8-35(21(13)42)25(47)34-53(49,50)37-4-3-36(26(37)48)32-20(41)17-11(22(43)44)5-10-6-15(38)16(39)7-12(10)29-17/h5-7,9,13,38-39H,3-4,8H2,1-2H3,(H2,28,31)(H,30,40)(H,32,41)(H,34,47)(H,43,44)(H,45,46)/b33-18+. The Labute approximate surface area is 299 Å². The number of nitrogens with one attached hydrogen (secondary N) is 3. The van der Waals surface area contributed by atoms with Crippen molar-refractivity contribution in [3.8, 4) is 11.5 Å². The number of nitrogens with two attached hydrogens (primary N) is 1. The van der Waals surface area contributed by atoms with Crippen LogP contribution in [-0.2, 0) is 29.4 Å². The average molecular weight is 779 g/mol. The number of fused-ring (bicyclic) bond motifs is 1. The maximum atomic E-state index is 13.0. The van der Waals surface area contributed by atoms with Crippen molar-refractivity contribution in [2.75, 3.05) is 25.4 Å². The first-order chi connectivity index (χ1) is 24.7. The summed E-state index contributed by atoms with van der Waals surface area (Å²) in [6.07, 6.45) is 0. The van der Waals surface area contributed by atoms with Gasteiger partial charge in [0.25, 0.3) is 17.7 Å². The quantitative estimate of drug-likeness (QED) is 0.0467. The van der Waals surface area contributed by atoms with E-state index in [9.17, 15) is 62.4 Å². The van der Waals surface area contributed by atoms with Gasteiger partial charge in [0.05, 0.1) is 30.7 Å². The lowest BCUT2D eigenvalue weighted by molar-refractivity contribution is -0.161. The molecule has 0 spiro atoms. The molecule has 0 radical (unpaired) electrons. The molecule has 0 saturated carbocycles. The van der Waals surface area contributed by atoms with Gasteiger partial charge in [-0.3, -0.25) is 24.7 Å². The lowest BCUT2D eigenvalue weighted by Crippen LogP contribution is -2.68. The summed E-state index contributed by atoms with van der Waals surface area (Å²) in [5.74, 6) is -7.68. The lowest BCUT2D eigenvalue weighted by Gasteiger charge is -2.36. The van der Waals surface area contributed by atoms with Gasteiger partial charge in [-0.15, -0.1) is 11.3 Å². The number of anilines is 1. The number of hydrogen-bond donors (Lipinski definition) is 8. The van der Waals surface area contributed by atoms with E-state index in [0.29, 0.717) is 9.91 Å². The van der Waals surface area contributed by atoms with Gasteiger partial charge in [-0.1, -0.05) is 5.16 Å². The number of phenolic OH excluding ortho intramolecular Hbond substituents is 2. The number of aliphatic carboxylic acids is 1. The molecule has 280 valence electrons. The fraction of sp³-hybridized carbons (Fsp3) is 0.259. The molecule has 0 aliphatic carbocycles. The minimum absolute atomic E-state index is 0.0162. The number of hydrazine groups is 1. The van der Waals surface area contributed by atoms with Crippen LogP contribution in [0.25, 0.3) is 10.9 Å². The topological polar surface area (TPSA) is 354 Å². The highest BCUT2D eigenvalue weighted by molar-refractivity contribution is 7.88. The number of nitrogens with zero attached hydrogens (tertiary/aromatic N) is 6. The average Bonchev–Trinajstić information content (AvgIpc) is 3.67. The van der Waals surface area contributed by atoms with Crippen LogP contribution in [0.2, 0.25) is 0 Å². The predicted molar refractivity (Wildman–Crippen MR) is 175 cm³/mol. The number of aromatic hydroxyl groups is 2. The van der Waals surface area contributed by atoms with E-state index in [4.69, 9.17) is 10.6 Å². The van der Waals surface area contributed by atoms with Gasteiger partial charge in [0.15, 0.2) is 22.3 Å². The Hall–Kier alpha value is -6.83. The molecule has 4 heterocycles. The number of imide groups is 1. The largest absolute Gasteiger partial charge is 0.504 e. The Kier molecular flexibility index (Phi) is 9.68. The summed E-state index contributed by atoms with van der Waals surface area (Å²) >= 11 is 0.912. The number of phenols is 2. The third-order valence-corrected chi connectivity index (χ3v) is 9.44. The number of rotatable bonds is 11. The highest BCUT2D eigenvalue weighted by Gasteiger charge is 2.46. The zero-order chi connectivity index (χ0) is 39.2. The predicted octanol–water partition coefficient (Wildman–Crippen LogP) is -1.67. The van der Waals surface area contributed by atoms with E-state index >= 15 is 0 Å². The number of carbonyl (C=O) groups excluding carboxylic acids is 5. The van der Waals surface area contributed by atoms with Gasteiger partial charge in [-0.25, -0.2) is 43.2 Å². The number of carbonyl (C=O) groups is 7. The van der Waals surface area contributed by atoms with Crippen LogP contribution in [0.3, 0.4) is 0 Å². The summed E-state index contributed by atoms with van der Waals surface area (Å²) in [5.41, 5.74) is 3.56. The van der Waals surface area contributed by atoms with E-state index in [-0.39, 0.29) is 26.0 Å². The van der Waals surface area contributed by atoms with Crippen LogP contribution in [-0.4, -0.2) is 132 Å². The summed E-state index contributed by atoms with van der Waals surface area (Å²) in [5, 5.41) is 46.0. The van der Waals surface area contributed by atoms with Gasteiger partial charge in [0, 0.05) is 16.8 Å². The fourth-order valence-corrected chi connectivity index (χ4v) is 6.13. The molecule has 0 bridgehead atoms. The number of nitrogen functional groups attached to an aromatic ring is 1. The Bertz CT molecular complexity index is 2260. The molecule has 2 aliphatic rings. The highest BCUT2D eigenvalue weighted by atomic mass is 32.2. The molecular weight excluding hydrogens is 752 g/mol. The first-order valence-electron chi connectivity index (χ1n) is 14.6. The molecule has 2 aliphatic heterocycles. The molecule has 1 aromatic carbocycles. The normalized spacial score (nSPS) is 16.3. The van der Waals surface area contributed by atoms with Crippen LogP contribution in [0.5, 0.6) is 11.5 Å². The van der Waals surface area contributed by atoms with Crippen molar-refractivity contribution in [1.29, 1.82) is 0 Å². The smallest absolute Gasteiger partial charge is 0.353 e. The van der Waals surface area contributed by atoms with Crippen LogP contribution in [0, 0.1) is 0 Å². The molecule has 2 saturated heterocycles. The van der Waals surface area contributed by atoms with Crippen LogP contribution in [0.1, 0.15) is 40.4 Å². The first kappa shape index (κ1) is 37.4. The SMILES string of the molecule is CC(C)(O/N=C(/C(=O)NC1CN(C(=O)NS(=O)(=O)N2CCN(NC(=O)c3nc4cc(O)c(O)cc4cc3C(=O)O)C2=O)C1=O)c1csc(N)n1)C(=O)O. The van der Waals surface area contributed by atoms with E-state index in [1.54, 1.807) is 0 Å². The molecular formula is C27H26N10O14S2.